The summed E-state index contributed by atoms with van der Waals surface area (Å²) in [5.41, 5.74) is 6.35. The van der Waals surface area contributed by atoms with Crippen LogP contribution in [-0.2, 0) is 10.3 Å². The van der Waals surface area contributed by atoms with Gasteiger partial charge >= 0.3 is 5.97 Å². The second-order valence-corrected chi connectivity index (χ2v) is 4.65. The maximum absolute atomic E-state index is 11.5. The molecule has 2 rings (SSSR count). The highest BCUT2D eigenvalue weighted by Crippen LogP contribution is 2.44. The predicted molar refractivity (Wildman–Crippen MR) is 64.8 cm³/mol. The minimum Gasteiger partial charge on any atom is -0.464 e. The number of ether oxygens (including phenoxy) is 1. The summed E-state index contributed by atoms with van der Waals surface area (Å²) < 4.78 is 6.71. The molecule has 1 saturated carbocycles. The van der Waals surface area contributed by atoms with Crippen molar-refractivity contribution in [1.29, 1.82) is 0 Å². The quantitative estimate of drug-likeness (QED) is 0.814. The molecule has 2 N–H and O–H groups in total. The first-order valence-corrected chi connectivity index (χ1v) is 5.99. The molecule has 0 aliphatic heterocycles. The Balaban J connectivity index is 2.48. The van der Waals surface area contributed by atoms with E-state index in [0.29, 0.717) is 5.82 Å². The van der Waals surface area contributed by atoms with Crippen molar-refractivity contribution in [3.63, 3.8) is 0 Å². The van der Waals surface area contributed by atoms with Crippen LogP contribution >= 0.6 is 0 Å². The number of carbonyl (C=O) groups excluding carboxylic acids is 1. The molecular weight excluding hydrogens is 218 g/mol. The van der Waals surface area contributed by atoms with E-state index < -0.39 is 5.97 Å². The van der Waals surface area contributed by atoms with Crippen molar-refractivity contribution >= 4 is 11.8 Å². The maximum atomic E-state index is 11.5. The van der Waals surface area contributed by atoms with Crippen LogP contribution in [0.3, 0.4) is 0 Å². The highest BCUT2D eigenvalue weighted by Gasteiger charge is 2.40. The zero-order valence-electron chi connectivity index (χ0n) is 10.6. The standard InChI is InChI=1S/C12H19N3O2/c1-4-12(6-5-7-12)15-8(2)14-9(10(15)13)11(16)17-3/h4-7,13H2,1-3H3. The first-order chi connectivity index (χ1) is 8.05. The summed E-state index contributed by atoms with van der Waals surface area (Å²) in [7, 11) is 1.34. The van der Waals surface area contributed by atoms with E-state index in [1.165, 1.54) is 13.5 Å². The first kappa shape index (κ1) is 12.0. The van der Waals surface area contributed by atoms with Crippen LogP contribution in [0.4, 0.5) is 5.82 Å². The molecular formula is C12H19N3O2. The van der Waals surface area contributed by atoms with Gasteiger partial charge < -0.3 is 15.0 Å². The highest BCUT2D eigenvalue weighted by atomic mass is 16.5. The van der Waals surface area contributed by atoms with E-state index >= 15 is 0 Å². The van der Waals surface area contributed by atoms with Gasteiger partial charge in [0.2, 0.25) is 0 Å². The second-order valence-electron chi connectivity index (χ2n) is 4.65. The van der Waals surface area contributed by atoms with Crippen molar-refractivity contribution in [2.75, 3.05) is 12.8 Å². The number of imidazole rings is 1. The van der Waals surface area contributed by atoms with Gasteiger partial charge in [0.1, 0.15) is 11.6 Å². The molecule has 0 unspecified atom stereocenters. The number of methoxy groups -OCH3 is 1. The number of aromatic nitrogens is 2. The number of aryl methyl sites for hydroxylation is 1. The molecule has 0 bridgehead atoms. The Morgan fingerprint density at radius 3 is 2.65 bits per heavy atom. The molecule has 5 heteroatoms. The van der Waals surface area contributed by atoms with Crippen molar-refractivity contribution in [1.82, 2.24) is 9.55 Å². The van der Waals surface area contributed by atoms with Crippen LogP contribution in [-0.4, -0.2) is 22.6 Å². The summed E-state index contributed by atoms with van der Waals surface area (Å²) in [5, 5.41) is 0. The Hall–Kier alpha value is -1.52. The van der Waals surface area contributed by atoms with E-state index in [2.05, 4.69) is 16.6 Å². The average molecular weight is 237 g/mol. The molecule has 0 saturated heterocycles. The predicted octanol–water partition coefficient (Wildman–Crippen LogP) is 1.85. The van der Waals surface area contributed by atoms with Crippen LogP contribution in [0, 0.1) is 6.92 Å². The summed E-state index contributed by atoms with van der Waals surface area (Å²) in [5.74, 6) is 0.773. The highest BCUT2D eigenvalue weighted by molar-refractivity contribution is 5.92. The molecule has 0 atom stereocenters. The third-order valence-electron chi connectivity index (χ3n) is 3.88. The van der Waals surface area contributed by atoms with Gasteiger partial charge in [-0.2, -0.15) is 0 Å². The van der Waals surface area contributed by atoms with E-state index in [4.69, 9.17) is 5.73 Å². The van der Waals surface area contributed by atoms with Gasteiger partial charge in [-0.05, 0) is 32.6 Å². The summed E-state index contributed by atoms with van der Waals surface area (Å²) in [6.45, 7) is 4.04. The lowest BCUT2D eigenvalue weighted by Gasteiger charge is -2.43. The van der Waals surface area contributed by atoms with Gasteiger partial charge in [-0.25, -0.2) is 9.78 Å². The molecule has 94 valence electrons. The summed E-state index contributed by atoms with van der Waals surface area (Å²) in [6, 6.07) is 0. The Kier molecular flexibility index (Phi) is 2.85. The number of esters is 1. The van der Waals surface area contributed by atoms with Gasteiger partial charge in [-0.3, -0.25) is 0 Å². The Bertz CT molecular complexity index is 441. The lowest BCUT2D eigenvalue weighted by molar-refractivity contribution is 0.0595. The third kappa shape index (κ3) is 1.61. The molecule has 1 aromatic heterocycles. The fourth-order valence-electron chi connectivity index (χ4n) is 2.72. The molecule has 1 fully saturated rings. The van der Waals surface area contributed by atoms with E-state index in [1.54, 1.807) is 0 Å². The minimum absolute atomic E-state index is 0.0629. The Labute approximate surface area is 101 Å². The minimum atomic E-state index is -0.463. The lowest BCUT2D eigenvalue weighted by atomic mass is 9.74. The Morgan fingerprint density at radius 1 is 1.59 bits per heavy atom. The van der Waals surface area contributed by atoms with E-state index in [0.717, 1.165) is 25.1 Å². The van der Waals surface area contributed by atoms with Gasteiger partial charge in [-0.15, -0.1) is 0 Å². The van der Waals surface area contributed by atoms with Gasteiger partial charge in [0.15, 0.2) is 5.69 Å². The summed E-state index contributed by atoms with van der Waals surface area (Å²) in [6.07, 6.45) is 4.42. The fourth-order valence-corrected chi connectivity index (χ4v) is 2.72. The van der Waals surface area contributed by atoms with Crippen LogP contribution in [0.1, 0.15) is 48.9 Å². The molecule has 1 aliphatic carbocycles. The molecule has 1 aromatic rings. The number of nitrogens with two attached hydrogens (primary N) is 1. The van der Waals surface area contributed by atoms with E-state index in [1.807, 2.05) is 11.5 Å². The maximum Gasteiger partial charge on any atom is 0.360 e. The van der Waals surface area contributed by atoms with Crippen molar-refractivity contribution in [2.24, 2.45) is 0 Å². The molecule has 17 heavy (non-hydrogen) atoms. The zero-order valence-corrected chi connectivity index (χ0v) is 10.6. The van der Waals surface area contributed by atoms with Crippen molar-refractivity contribution in [2.45, 2.75) is 45.1 Å². The van der Waals surface area contributed by atoms with Crippen LogP contribution in [0.15, 0.2) is 0 Å². The van der Waals surface area contributed by atoms with Crippen LogP contribution in [0.5, 0.6) is 0 Å². The van der Waals surface area contributed by atoms with E-state index in [9.17, 15) is 4.79 Å². The van der Waals surface area contributed by atoms with Crippen LogP contribution in [0.25, 0.3) is 0 Å². The lowest BCUT2D eigenvalue weighted by Crippen LogP contribution is -2.41. The number of anilines is 1. The van der Waals surface area contributed by atoms with Crippen molar-refractivity contribution in [3.8, 4) is 0 Å². The van der Waals surface area contributed by atoms with Crippen molar-refractivity contribution < 1.29 is 9.53 Å². The zero-order chi connectivity index (χ0) is 12.6. The summed E-state index contributed by atoms with van der Waals surface area (Å²) in [4.78, 5) is 15.8. The molecule has 0 aromatic carbocycles. The molecule has 1 aliphatic rings. The van der Waals surface area contributed by atoms with Crippen LogP contribution < -0.4 is 5.73 Å². The van der Waals surface area contributed by atoms with Crippen molar-refractivity contribution in [3.05, 3.63) is 11.5 Å². The molecule has 1 heterocycles. The largest absolute Gasteiger partial charge is 0.464 e. The average Bonchev–Trinajstić information content (AvgIpc) is 2.55. The van der Waals surface area contributed by atoms with Gasteiger partial charge in [-0.1, -0.05) is 6.92 Å². The third-order valence-corrected chi connectivity index (χ3v) is 3.88. The fraction of sp³-hybridized carbons (Fsp3) is 0.667. The number of carbonyl (C=O) groups is 1. The number of nitrogen functional groups attached to an aromatic ring is 1. The van der Waals surface area contributed by atoms with E-state index in [-0.39, 0.29) is 11.2 Å². The van der Waals surface area contributed by atoms with Gasteiger partial charge in [0.05, 0.1) is 7.11 Å². The molecule has 0 radical (unpaired) electrons. The number of hydrogen-bond acceptors (Lipinski definition) is 4. The van der Waals surface area contributed by atoms with Gasteiger partial charge in [0.25, 0.3) is 0 Å². The number of hydrogen-bond donors (Lipinski definition) is 1. The Morgan fingerprint density at radius 2 is 2.24 bits per heavy atom. The topological polar surface area (TPSA) is 70.1 Å². The summed E-state index contributed by atoms with van der Waals surface area (Å²) >= 11 is 0. The van der Waals surface area contributed by atoms with Crippen LogP contribution in [0.2, 0.25) is 0 Å². The normalized spacial score (nSPS) is 17.6. The SMILES string of the molecule is CCC1(n2c(C)nc(C(=O)OC)c2N)CCC1. The number of rotatable bonds is 3. The molecule has 0 spiro atoms. The second kappa shape index (κ2) is 4.05. The molecule has 5 nitrogen and oxygen atoms in total. The first-order valence-electron chi connectivity index (χ1n) is 5.99. The van der Waals surface area contributed by atoms with Gasteiger partial charge in [0, 0.05) is 5.54 Å². The molecule has 0 amide bonds. The monoisotopic (exact) mass is 237 g/mol. The number of nitrogens with zero attached hydrogens (tertiary/aromatic N) is 2. The smallest absolute Gasteiger partial charge is 0.360 e.